The van der Waals surface area contributed by atoms with Gasteiger partial charge in [-0.3, -0.25) is 9.36 Å². The monoisotopic (exact) mass is 674 g/mol. The molecule has 0 fully saturated rings. The maximum atomic E-state index is 14.0. The first-order valence-corrected chi connectivity index (χ1v) is 16.3. The second-order valence-corrected chi connectivity index (χ2v) is 13.4. The molecule has 0 saturated heterocycles. The van der Waals surface area contributed by atoms with Gasteiger partial charge in [-0.1, -0.05) is 65.4 Å². The molecule has 0 bridgehead atoms. The zero-order valence-corrected chi connectivity index (χ0v) is 26.4. The summed E-state index contributed by atoms with van der Waals surface area (Å²) >= 11 is 12.8. The Labute approximate surface area is 263 Å². The fourth-order valence-electron chi connectivity index (χ4n) is 5.57. The molecular weight excluding hydrogens is 652 g/mol. The Hall–Kier alpha value is -3.43. The van der Waals surface area contributed by atoms with Crippen LogP contribution in [0.15, 0.2) is 98.0 Å². The smallest absolute Gasteiger partial charge is 0.271 e. The number of aryl methyl sites for hydroxylation is 1. The van der Waals surface area contributed by atoms with Crippen LogP contribution in [0.25, 0.3) is 11.8 Å². The van der Waals surface area contributed by atoms with Crippen LogP contribution in [0.3, 0.4) is 0 Å². The number of ether oxygens (including phenoxy) is 2. The SMILES string of the molecule is COc1cc(/C=c2\sc3n(c2=O)[C@H](c2cccs2)C2=C(N=3)c3ccccc3CC2)cc(Br)c1OCc1ccc(Cl)cc1. The van der Waals surface area contributed by atoms with Crippen molar-refractivity contribution in [2.75, 3.05) is 7.11 Å². The molecule has 5 nitrogen and oxygen atoms in total. The van der Waals surface area contributed by atoms with Crippen LogP contribution in [-0.4, -0.2) is 11.7 Å². The zero-order chi connectivity index (χ0) is 28.8. The number of hydrogen-bond acceptors (Lipinski definition) is 6. The van der Waals surface area contributed by atoms with Crippen molar-refractivity contribution in [3.05, 3.63) is 140 Å². The summed E-state index contributed by atoms with van der Waals surface area (Å²) < 4.78 is 15.0. The topological polar surface area (TPSA) is 52.8 Å². The minimum atomic E-state index is -0.156. The van der Waals surface area contributed by atoms with E-state index in [1.165, 1.54) is 28.0 Å². The third-order valence-electron chi connectivity index (χ3n) is 7.53. The average Bonchev–Trinajstić information content (AvgIpc) is 3.64. The molecule has 42 heavy (non-hydrogen) atoms. The number of hydrogen-bond donors (Lipinski definition) is 0. The van der Waals surface area contributed by atoms with Crippen LogP contribution >= 0.6 is 50.2 Å². The highest BCUT2D eigenvalue weighted by molar-refractivity contribution is 9.10. The highest BCUT2D eigenvalue weighted by Gasteiger charge is 2.33. The van der Waals surface area contributed by atoms with Crippen molar-refractivity contribution in [3.63, 3.8) is 0 Å². The first-order valence-electron chi connectivity index (χ1n) is 13.4. The Bertz CT molecular complexity index is 2030. The van der Waals surface area contributed by atoms with E-state index >= 15 is 0 Å². The summed E-state index contributed by atoms with van der Waals surface area (Å²) in [6.45, 7) is 0.362. The predicted octanol–water partition coefficient (Wildman–Crippen LogP) is 7.38. The van der Waals surface area contributed by atoms with E-state index < -0.39 is 0 Å². The molecule has 1 aliphatic heterocycles. The molecule has 3 aromatic carbocycles. The van der Waals surface area contributed by atoms with Crippen molar-refractivity contribution in [1.82, 2.24) is 4.57 Å². The highest BCUT2D eigenvalue weighted by Crippen LogP contribution is 2.42. The molecule has 0 radical (unpaired) electrons. The second-order valence-electron chi connectivity index (χ2n) is 10.1. The van der Waals surface area contributed by atoms with Gasteiger partial charge in [-0.15, -0.1) is 11.3 Å². The van der Waals surface area contributed by atoms with E-state index in [1.807, 2.05) is 53.1 Å². The van der Waals surface area contributed by atoms with Crippen molar-refractivity contribution >= 4 is 62.0 Å². The van der Waals surface area contributed by atoms with E-state index in [2.05, 4.69) is 51.6 Å². The summed E-state index contributed by atoms with van der Waals surface area (Å²) in [5.74, 6) is 1.16. The number of thiophene rings is 1. The molecule has 0 amide bonds. The van der Waals surface area contributed by atoms with Crippen LogP contribution in [0.2, 0.25) is 5.02 Å². The number of halogens is 2. The van der Waals surface area contributed by atoms with E-state index in [1.54, 1.807) is 18.4 Å². The summed E-state index contributed by atoms with van der Waals surface area (Å²) in [7, 11) is 1.61. The van der Waals surface area contributed by atoms with Crippen LogP contribution in [0.1, 0.15) is 39.6 Å². The number of fused-ring (bicyclic) bond motifs is 3. The molecule has 9 heteroatoms. The van der Waals surface area contributed by atoms with Crippen molar-refractivity contribution in [2.24, 2.45) is 4.99 Å². The zero-order valence-electron chi connectivity index (χ0n) is 22.5. The molecular formula is C33H24BrClN2O3S2. The van der Waals surface area contributed by atoms with Gasteiger partial charge in [-0.05, 0) is 92.8 Å². The molecule has 0 saturated carbocycles. The second kappa shape index (κ2) is 11.3. The van der Waals surface area contributed by atoms with Crippen LogP contribution in [-0.2, 0) is 13.0 Å². The molecule has 1 aliphatic carbocycles. The Balaban J connectivity index is 1.30. The largest absolute Gasteiger partial charge is 0.493 e. The Morgan fingerprint density at radius 1 is 1.10 bits per heavy atom. The molecule has 5 aromatic rings. The molecule has 2 aliphatic rings. The maximum absolute atomic E-state index is 14.0. The van der Waals surface area contributed by atoms with Gasteiger partial charge in [0.1, 0.15) is 6.61 Å². The van der Waals surface area contributed by atoms with Gasteiger partial charge in [-0.25, -0.2) is 4.99 Å². The van der Waals surface area contributed by atoms with Gasteiger partial charge in [-0.2, -0.15) is 0 Å². The minimum Gasteiger partial charge on any atom is -0.493 e. The number of benzene rings is 3. The van der Waals surface area contributed by atoms with Gasteiger partial charge >= 0.3 is 0 Å². The molecule has 0 N–H and O–H groups in total. The first-order chi connectivity index (χ1) is 20.5. The number of rotatable bonds is 6. The van der Waals surface area contributed by atoms with Gasteiger partial charge in [0.05, 0.1) is 27.9 Å². The first kappa shape index (κ1) is 27.4. The Kier molecular flexibility index (Phi) is 7.40. The van der Waals surface area contributed by atoms with Crippen molar-refractivity contribution in [3.8, 4) is 11.5 Å². The number of thiazole rings is 1. The van der Waals surface area contributed by atoms with Gasteiger partial charge in [0.2, 0.25) is 0 Å². The highest BCUT2D eigenvalue weighted by atomic mass is 79.9. The summed E-state index contributed by atoms with van der Waals surface area (Å²) in [6.07, 6.45) is 3.73. The van der Waals surface area contributed by atoms with Crippen molar-refractivity contribution in [1.29, 1.82) is 0 Å². The summed E-state index contributed by atoms with van der Waals surface area (Å²) in [5.41, 5.74) is 6.46. The lowest BCUT2D eigenvalue weighted by Crippen LogP contribution is -2.38. The number of allylic oxidation sites excluding steroid dienone is 1. The quantitative estimate of drug-likeness (QED) is 0.189. The van der Waals surface area contributed by atoms with Crippen LogP contribution < -0.4 is 24.4 Å². The average molecular weight is 676 g/mol. The molecule has 0 unspecified atom stereocenters. The van der Waals surface area contributed by atoms with E-state index in [0.29, 0.717) is 32.5 Å². The standard InChI is InChI=1S/C33H24BrClN2O3S2/c1-39-26-16-20(15-25(34)31(26)40-18-19-8-11-22(35)12-9-19)17-28-32(38)37-30(27-7-4-14-41-27)24-13-10-21-5-2-3-6-23(21)29(24)36-33(37)42-28/h2-9,11-12,14-17,30H,10,13,18H2,1H3/b28-17-/t30-/m0/s1. The predicted molar refractivity (Wildman–Crippen MR) is 174 cm³/mol. The van der Waals surface area contributed by atoms with Gasteiger partial charge in [0.15, 0.2) is 16.3 Å². The fraction of sp³-hybridized carbons (Fsp3) is 0.152. The summed E-state index contributed by atoms with van der Waals surface area (Å²) in [6, 6.07) is 23.8. The molecule has 3 heterocycles. The normalized spacial score (nSPS) is 16.0. The maximum Gasteiger partial charge on any atom is 0.271 e. The van der Waals surface area contributed by atoms with Crippen LogP contribution in [0, 0.1) is 0 Å². The summed E-state index contributed by atoms with van der Waals surface area (Å²) in [4.78, 5) is 21.0. The van der Waals surface area contributed by atoms with Crippen molar-refractivity contribution in [2.45, 2.75) is 25.5 Å². The lowest BCUT2D eigenvalue weighted by molar-refractivity contribution is 0.282. The van der Waals surface area contributed by atoms with Gasteiger partial charge in [0.25, 0.3) is 5.56 Å². The summed E-state index contributed by atoms with van der Waals surface area (Å²) in [5, 5.41) is 2.75. The lowest BCUT2D eigenvalue weighted by Gasteiger charge is -2.30. The fourth-order valence-corrected chi connectivity index (χ4v) is 8.12. The molecule has 0 spiro atoms. The lowest BCUT2D eigenvalue weighted by atomic mass is 9.85. The molecule has 1 atom stereocenters. The number of methoxy groups -OCH3 is 1. The van der Waals surface area contributed by atoms with E-state index in [4.69, 9.17) is 26.1 Å². The number of nitrogens with zero attached hydrogens (tertiary/aromatic N) is 2. The molecule has 210 valence electrons. The van der Waals surface area contributed by atoms with E-state index in [0.717, 1.165) is 39.0 Å². The Morgan fingerprint density at radius 2 is 1.93 bits per heavy atom. The minimum absolute atomic E-state index is 0.0410. The van der Waals surface area contributed by atoms with E-state index in [-0.39, 0.29) is 11.6 Å². The third kappa shape index (κ3) is 4.96. The van der Waals surface area contributed by atoms with Crippen molar-refractivity contribution < 1.29 is 9.47 Å². The number of aromatic nitrogens is 1. The van der Waals surface area contributed by atoms with E-state index in [9.17, 15) is 4.79 Å². The van der Waals surface area contributed by atoms with Crippen LogP contribution in [0.4, 0.5) is 0 Å². The van der Waals surface area contributed by atoms with Crippen LogP contribution in [0.5, 0.6) is 11.5 Å². The Morgan fingerprint density at radius 3 is 2.71 bits per heavy atom. The molecule has 7 rings (SSSR count). The van der Waals surface area contributed by atoms with Gasteiger partial charge in [0, 0.05) is 15.5 Å². The van der Waals surface area contributed by atoms with Gasteiger partial charge < -0.3 is 9.47 Å². The third-order valence-corrected chi connectivity index (χ3v) is 10.3. The molecule has 2 aromatic heterocycles.